The minimum Gasteiger partial charge on any atom is -0.457 e. The van der Waals surface area contributed by atoms with Crippen LogP contribution in [0, 0.1) is 11.3 Å². The molecule has 3 aromatic carbocycles. The Balaban J connectivity index is 1.78. The lowest BCUT2D eigenvalue weighted by atomic mass is 9.98. The molecule has 4 rings (SSSR count). The first-order valence-electron chi connectivity index (χ1n) is 8.31. The van der Waals surface area contributed by atoms with Crippen LogP contribution in [0.1, 0.15) is 11.3 Å². The summed E-state index contributed by atoms with van der Waals surface area (Å²) < 4.78 is 5.90. The number of nitrogens with zero attached hydrogens (tertiary/aromatic N) is 1. The molecule has 2 nitrogen and oxygen atoms in total. The molecule has 0 aliphatic rings. The Hall–Kier alpha value is -2.99. The van der Waals surface area contributed by atoms with Crippen molar-refractivity contribution in [3.63, 3.8) is 0 Å². The first-order chi connectivity index (χ1) is 13.2. The van der Waals surface area contributed by atoms with Crippen LogP contribution in [0.25, 0.3) is 33.7 Å². The predicted molar refractivity (Wildman–Crippen MR) is 112 cm³/mol. The highest BCUT2D eigenvalue weighted by atomic mass is 35.5. The second-order valence-electron chi connectivity index (χ2n) is 6.00. The summed E-state index contributed by atoms with van der Waals surface area (Å²) in [6.07, 6.45) is 1.74. The van der Waals surface area contributed by atoms with Crippen molar-refractivity contribution in [2.75, 3.05) is 0 Å². The number of hydrogen-bond acceptors (Lipinski definition) is 2. The molecule has 4 heteroatoms. The minimum atomic E-state index is 0.443. The van der Waals surface area contributed by atoms with Crippen molar-refractivity contribution in [2.45, 2.75) is 0 Å². The maximum Gasteiger partial charge on any atom is 0.136 e. The van der Waals surface area contributed by atoms with E-state index in [0.29, 0.717) is 32.7 Å². The molecule has 0 fully saturated rings. The Morgan fingerprint density at radius 3 is 2.52 bits per heavy atom. The van der Waals surface area contributed by atoms with Crippen LogP contribution in [0.15, 0.2) is 77.2 Å². The van der Waals surface area contributed by atoms with Gasteiger partial charge in [-0.2, -0.15) is 5.26 Å². The molecule has 0 radical (unpaired) electrons. The molecule has 0 saturated heterocycles. The zero-order valence-electron chi connectivity index (χ0n) is 14.1. The number of hydrogen-bond donors (Lipinski definition) is 0. The van der Waals surface area contributed by atoms with Gasteiger partial charge in [0.05, 0.1) is 21.7 Å². The number of furan rings is 1. The quantitative estimate of drug-likeness (QED) is 0.340. The average Bonchev–Trinajstić information content (AvgIpc) is 3.16. The van der Waals surface area contributed by atoms with Gasteiger partial charge in [-0.1, -0.05) is 71.7 Å². The van der Waals surface area contributed by atoms with Crippen molar-refractivity contribution in [1.29, 1.82) is 5.26 Å². The van der Waals surface area contributed by atoms with Crippen LogP contribution < -0.4 is 0 Å². The van der Waals surface area contributed by atoms with Crippen LogP contribution in [0.2, 0.25) is 10.0 Å². The molecule has 0 N–H and O–H groups in total. The highest BCUT2D eigenvalue weighted by molar-refractivity contribution is 6.43. The van der Waals surface area contributed by atoms with E-state index >= 15 is 0 Å². The molecule has 0 bridgehead atoms. The summed E-state index contributed by atoms with van der Waals surface area (Å²) in [4.78, 5) is 0. The molecule has 0 amide bonds. The molecule has 1 aromatic heterocycles. The van der Waals surface area contributed by atoms with Crippen molar-refractivity contribution >= 4 is 45.6 Å². The van der Waals surface area contributed by atoms with Gasteiger partial charge >= 0.3 is 0 Å². The second-order valence-corrected chi connectivity index (χ2v) is 6.79. The standard InChI is InChI=1S/C23H13Cl2NO/c24-21-10-4-9-20(23(21)25)22-12-11-17(27-22)13-16(14-26)19-8-3-6-15-5-1-2-7-18(15)19/h1-13H. The lowest BCUT2D eigenvalue weighted by Crippen LogP contribution is -1.84. The van der Waals surface area contributed by atoms with E-state index in [4.69, 9.17) is 27.6 Å². The van der Waals surface area contributed by atoms with Crippen LogP contribution in [0.5, 0.6) is 0 Å². The summed E-state index contributed by atoms with van der Waals surface area (Å²) in [7, 11) is 0. The number of rotatable bonds is 3. The average molecular weight is 390 g/mol. The SMILES string of the molecule is N#CC(=Cc1ccc(-c2cccc(Cl)c2Cl)o1)c1cccc2ccccc12. The lowest BCUT2D eigenvalue weighted by Gasteiger charge is -2.05. The highest BCUT2D eigenvalue weighted by Gasteiger charge is 2.12. The van der Waals surface area contributed by atoms with E-state index in [2.05, 4.69) is 6.07 Å². The van der Waals surface area contributed by atoms with E-state index in [1.165, 1.54) is 0 Å². The molecule has 0 spiro atoms. The molecule has 0 saturated carbocycles. The summed E-state index contributed by atoms with van der Waals surface area (Å²) in [5, 5.41) is 12.7. The lowest BCUT2D eigenvalue weighted by molar-refractivity contribution is 0.572. The number of nitriles is 1. The minimum absolute atomic E-state index is 0.443. The van der Waals surface area contributed by atoms with Gasteiger partial charge in [0.15, 0.2) is 0 Å². The molecule has 0 aliphatic carbocycles. The van der Waals surface area contributed by atoms with Crippen LogP contribution in [-0.4, -0.2) is 0 Å². The van der Waals surface area contributed by atoms with Crippen LogP contribution in [0.3, 0.4) is 0 Å². The molecule has 130 valence electrons. The summed E-state index contributed by atoms with van der Waals surface area (Å²) in [5.41, 5.74) is 2.12. The Labute approximate surface area is 166 Å². The number of benzene rings is 3. The number of fused-ring (bicyclic) bond motifs is 1. The second kappa shape index (κ2) is 7.32. The van der Waals surface area contributed by atoms with E-state index in [9.17, 15) is 5.26 Å². The zero-order valence-corrected chi connectivity index (χ0v) is 15.6. The van der Waals surface area contributed by atoms with Crippen molar-refractivity contribution in [1.82, 2.24) is 0 Å². The summed E-state index contributed by atoms with van der Waals surface area (Å²) in [6.45, 7) is 0. The van der Waals surface area contributed by atoms with Crippen LogP contribution in [-0.2, 0) is 0 Å². The van der Waals surface area contributed by atoms with Gasteiger partial charge in [0.1, 0.15) is 11.5 Å². The highest BCUT2D eigenvalue weighted by Crippen LogP contribution is 2.35. The van der Waals surface area contributed by atoms with E-state index < -0.39 is 0 Å². The Bertz CT molecular complexity index is 1210. The Kier molecular flexibility index (Phi) is 4.73. The first-order valence-corrected chi connectivity index (χ1v) is 9.07. The number of halogens is 2. The van der Waals surface area contributed by atoms with Crippen molar-refractivity contribution in [3.05, 3.63) is 94.2 Å². The smallest absolute Gasteiger partial charge is 0.136 e. The molecule has 4 aromatic rings. The van der Waals surface area contributed by atoms with E-state index in [0.717, 1.165) is 16.3 Å². The third-order valence-corrected chi connectivity index (χ3v) is 5.15. The summed E-state index contributed by atoms with van der Waals surface area (Å²) in [6, 6.07) is 25.2. The van der Waals surface area contributed by atoms with E-state index in [1.54, 1.807) is 12.1 Å². The van der Waals surface area contributed by atoms with Gasteiger partial charge in [0, 0.05) is 11.1 Å². The first kappa shape index (κ1) is 17.4. The van der Waals surface area contributed by atoms with Gasteiger partial charge in [0.2, 0.25) is 0 Å². The Morgan fingerprint density at radius 1 is 0.889 bits per heavy atom. The fraction of sp³-hybridized carbons (Fsp3) is 0. The van der Waals surface area contributed by atoms with Crippen molar-refractivity contribution in [2.24, 2.45) is 0 Å². The molecular formula is C23H13Cl2NO. The number of allylic oxidation sites excluding steroid dienone is 1. The molecular weight excluding hydrogens is 377 g/mol. The molecule has 27 heavy (non-hydrogen) atoms. The van der Waals surface area contributed by atoms with Gasteiger partial charge in [0.25, 0.3) is 0 Å². The van der Waals surface area contributed by atoms with Gasteiger partial charge in [-0.05, 0) is 41.1 Å². The van der Waals surface area contributed by atoms with E-state index in [-0.39, 0.29) is 0 Å². The third kappa shape index (κ3) is 3.36. The summed E-state index contributed by atoms with van der Waals surface area (Å²) >= 11 is 12.4. The normalized spacial score (nSPS) is 11.5. The predicted octanol–water partition coefficient (Wildman–Crippen LogP) is 7.47. The molecule has 0 unspecified atom stereocenters. The van der Waals surface area contributed by atoms with Gasteiger partial charge in [-0.25, -0.2) is 0 Å². The maximum atomic E-state index is 9.71. The maximum absolute atomic E-state index is 9.71. The topological polar surface area (TPSA) is 36.9 Å². The molecule has 0 atom stereocenters. The zero-order chi connectivity index (χ0) is 18.8. The van der Waals surface area contributed by atoms with Crippen molar-refractivity contribution < 1.29 is 4.42 Å². The molecule has 0 aliphatic heterocycles. The fourth-order valence-electron chi connectivity index (χ4n) is 3.04. The van der Waals surface area contributed by atoms with E-state index in [1.807, 2.05) is 66.7 Å². The molecule has 1 heterocycles. The van der Waals surface area contributed by atoms with Crippen molar-refractivity contribution in [3.8, 4) is 17.4 Å². The Morgan fingerprint density at radius 2 is 1.67 bits per heavy atom. The largest absolute Gasteiger partial charge is 0.457 e. The van der Waals surface area contributed by atoms with Crippen LogP contribution in [0.4, 0.5) is 0 Å². The monoisotopic (exact) mass is 389 g/mol. The summed E-state index contributed by atoms with van der Waals surface area (Å²) in [5.74, 6) is 1.18. The van der Waals surface area contributed by atoms with Crippen LogP contribution >= 0.6 is 23.2 Å². The fourth-order valence-corrected chi connectivity index (χ4v) is 3.44. The van der Waals surface area contributed by atoms with Gasteiger partial charge in [-0.15, -0.1) is 0 Å². The third-order valence-electron chi connectivity index (χ3n) is 4.33. The van der Waals surface area contributed by atoms with Gasteiger partial charge in [-0.3, -0.25) is 0 Å². The van der Waals surface area contributed by atoms with Gasteiger partial charge < -0.3 is 4.42 Å².